The Morgan fingerprint density at radius 1 is 1.17 bits per heavy atom. The SMILES string of the molecule is CC(C)(C)C(=O)OC1(N)C=C(c2ccc(C(F)(F)F)cc2)N=N1. The Balaban J connectivity index is 2.20. The predicted octanol–water partition coefficient (Wildman–Crippen LogP) is 3.71. The van der Waals surface area contributed by atoms with Gasteiger partial charge in [0.25, 0.3) is 5.85 Å². The molecule has 2 rings (SSSR count). The van der Waals surface area contributed by atoms with Crippen LogP contribution in [0.1, 0.15) is 31.9 Å². The fourth-order valence-electron chi connectivity index (χ4n) is 1.71. The van der Waals surface area contributed by atoms with Gasteiger partial charge in [0.05, 0.1) is 16.7 Å². The summed E-state index contributed by atoms with van der Waals surface area (Å²) in [6.07, 6.45) is -3.12. The molecule has 23 heavy (non-hydrogen) atoms. The van der Waals surface area contributed by atoms with Crippen LogP contribution < -0.4 is 5.73 Å². The number of hydrogen-bond acceptors (Lipinski definition) is 5. The first kappa shape index (κ1) is 17.1. The molecule has 0 spiro atoms. The molecular formula is C15H16F3N3O2. The number of ether oxygens (including phenoxy) is 1. The first-order valence-corrected chi connectivity index (χ1v) is 6.76. The van der Waals surface area contributed by atoms with Crippen LogP contribution in [0.4, 0.5) is 13.2 Å². The Morgan fingerprint density at radius 2 is 1.74 bits per heavy atom. The molecule has 0 fully saturated rings. The Bertz CT molecular complexity index is 673. The molecular weight excluding hydrogens is 311 g/mol. The zero-order valence-electron chi connectivity index (χ0n) is 12.8. The summed E-state index contributed by atoms with van der Waals surface area (Å²) in [6.45, 7) is 4.97. The molecule has 0 bridgehead atoms. The lowest BCUT2D eigenvalue weighted by Gasteiger charge is -2.23. The zero-order chi connectivity index (χ0) is 17.5. The number of rotatable bonds is 2. The Morgan fingerprint density at radius 3 is 2.22 bits per heavy atom. The van der Waals surface area contributed by atoms with Crippen LogP contribution in [0.3, 0.4) is 0 Å². The van der Waals surface area contributed by atoms with Crippen molar-refractivity contribution in [2.24, 2.45) is 21.4 Å². The average Bonchev–Trinajstić information content (AvgIpc) is 2.79. The van der Waals surface area contributed by atoms with Gasteiger partial charge in [-0.2, -0.15) is 13.2 Å². The number of nitrogens with two attached hydrogens (primary N) is 1. The molecule has 0 aromatic heterocycles. The number of hydrogen-bond donors (Lipinski definition) is 1. The van der Waals surface area contributed by atoms with Gasteiger partial charge < -0.3 is 4.74 Å². The highest BCUT2D eigenvalue weighted by atomic mass is 19.4. The first-order chi connectivity index (χ1) is 10.4. The molecule has 0 aliphatic carbocycles. The molecule has 124 valence electrons. The maximum Gasteiger partial charge on any atom is 0.416 e. The number of carbonyl (C=O) groups excluding carboxylic acids is 1. The summed E-state index contributed by atoms with van der Waals surface area (Å²) in [5, 5.41) is 7.48. The van der Waals surface area contributed by atoms with Crippen molar-refractivity contribution in [2.45, 2.75) is 32.8 Å². The lowest BCUT2D eigenvalue weighted by Crippen LogP contribution is -2.42. The van der Waals surface area contributed by atoms with E-state index in [0.717, 1.165) is 12.1 Å². The van der Waals surface area contributed by atoms with Gasteiger partial charge in [-0.05, 0) is 32.9 Å². The third-order valence-corrected chi connectivity index (χ3v) is 3.03. The molecule has 1 atom stereocenters. The molecule has 8 heteroatoms. The fourth-order valence-corrected chi connectivity index (χ4v) is 1.71. The second kappa shape index (κ2) is 5.45. The summed E-state index contributed by atoms with van der Waals surface area (Å²) in [5.74, 6) is -2.31. The van der Waals surface area contributed by atoms with E-state index in [1.165, 1.54) is 18.2 Å². The van der Waals surface area contributed by atoms with Crippen molar-refractivity contribution >= 4 is 11.7 Å². The third kappa shape index (κ3) is 3.95. The van der Waals surface area contributed by atoms with E-state index >= 15 is 0 Å². The molecule has 1 aromatic carbocycles. The molecule has 0 amide bonds. The van der Waals surface area contributed by atoms with Gasteiger partial charge in [0.15, 0.2) is 0 Å². The van der Waals surface area contributed by atoms with Gasteiger partial charge in [-0.3, -0.25) is 10.5 Å². The molecule has 5 nitrogen and oxygen atoms in total. The molecule has 0 radical (unpaired) electrons. The van der Waals surface area contributed by atoms with E-state index in [1.54, 1.807) is 20.8 Å². The Hall–Kier alpha value is -2.22. The second-order valence-corrected chi connectivity index (χ2v) is 6.20. The van der Waals surface area contributed by atoms with Crippen molar-refractivity contribution in [3.05, 3.63) is 41.5 Å². The van der Waals surface area contributed by atoms with Crippen molar-refractivity contribution in [3.8, 4) is 0 Å². The van der Waals surface area contributed by atoms with Gasteiger partial charge in [-0.15, -0.1) is 10.2 Å². The molecule has 1 aliphatic heterocycles. The third-order valence-electron chi connectivity index (χ3n) is 3.03. The summed E-state index contributed by atoms with van der Waals surface area (Å²) < 4.78 is 42.7. The highest BCUT2D eigenvalue weighted by molar-refractivity contribution is 5.76. The van der Waals surface area contributed by atoms with Crippen LogP contribution in [0.25, 0.3) is 5.70 Å². The van der Waals surface area contributed by atoms with E-state index in [4.69, 9.17) is 10.5 Å². The van der Waals surface area contributed by atoms with Gasteiger partial charge in [0.2, 0.25) is 0 Å². The summed E-state index contributed by atoms with van der Waals surface area (Å²) in [7, 11) is 0. The minimum Gasteiger partial charge on any atom is -0.417 e. The monoisotopic (exact) mass is 327 g/mol. The zero-order valence-corrected chi connectivity index (χ0v) is 12.8. The van der Waals surface area contributed by atoms with Crippen molar-refractivity contribution in [1.29, 1.82) is 0 Å². The summed E-state index contributed by atoms with van der Waals surface area (Å²) in [5.41, 5.74) is 4.91. The normalized spacial score (nSPS) is 21.3. The minimum atomic E-state index is -4.41. The molecule has 0 saturated heterocycles. The Labute approximate surface area is 131 Å². The topological polar surface area (TPSA) is 77.0 Å². The lowest BCUT2D eigenvalue weighted by atomic mass is 9.97. The van der Waals surface area contributed by atoms with E-state index in [1.807, 2.05) is 0 Å². The van der Waals surface area contributed by atoms with Crippen molar-refractivity contribution in [1.82, 2.24) is 0 Å². The number of benzene rings is 1. The lowest BCUT2D eigenvalue weighted by molar-refractivity contribution is -0.164. The number of azo groups is 1. The number of alkyl halides is 3. The first-order valence-electron chi connectivity index (χ1n) is 6.76. The van der Waals surface area contributed by atoms with Crippen molar-refractivity contribution < 1.29 is 22.7 Å². The van der Waals surface area contributed by atoms with Gasteiger partial charge in [-0.1, -0.05) is 12.1 Å². The van der Waals surface area contributed by atoms with Crippen LogP contribution in [0, 0.1) is 5.41 Å². The van der Waals surface area contributed by atoms with Crippen LogP contribution in [0.5, 0.6) is 0 Å². The van der Waals surface area contributed by atoms with Gasteiger partial charge >= 0.3 is 12.1 Å². The van der Waals surface area contributed by atoms with E-state index in [0.29, 0.717) is 5.56 Å². The quantitative estimate of drug-likeness (QED) is 0.664. The fraction of sp³-hybridized carbons (Fsp3) is 0.400. The molecule has 0 saturated carbocycles. The second-order valence-electron chi connectivity index (χ2n) is 6.20. The number of halogens is 3. The maximum atomic E-state index is 12.5. The average molecular weight is 327 g/mol. The Kier molecular flexibility index (Phi) is 4.06. The minimum absolute atomic E-state index is 0.239. The van der Waals surface area contributed by atoms with E-state index in [-0.39, 0.29) is 5.70 Å². The largest absolute Gasteiger partial charge is 0.417 e. The molecule has 2 N–H and O–H groups in total. The van der Waals surface area contributed by atoms with E-state index in [9.17, 15) is 18.0 Å². The van der Waals surface area contributed by atoms with Gasteiger partial charge in [0, 0.05) is 11.6 Å². The van der Waals surface area contributed by atoms with E-state index in [2.05, 4.69) is 10.2 Å². The van der Waals surface area contributed by atoms with Crippen molar-refractivity contribution in [3.63, 3.8) is 0 Å². The van der Waals surface area contributed by atoms with Crippen LogP contribution in [0.2, 0.25) is 0 Å². The summed E-state index contributed by atoms with van der Waals surface area (Å²) in [4.78, 5) is 11.9. The highest BCUT2D eigenvalue weighted by Crippen LogP contribution is 2.33. The summed E-state index contributed by atoms with van der Waals surface area (Å²) in [6, 6.07) is 4.38. The number of esters is 1. The number of nitrogens with zero attached hydrogens (tertiary/aromatic N) is 2. The number of carbonyl (C=O) groups is 1. The molecule has 1 unspecified atom stereocenters. The summed E-state index contributed by atoms with van der Waals surface area (Å²) >= 11 is 0. The van der Waals surface area contributed by atoms with Crippen LogP contribution in [-0.2, 0) is 15.7 Å². The molecule has 1 heterocycles. The van der Waals surface area contributed by atoms with Crippen LogP contribution in [-0.4, -0.2) is 11.8 Å². The van der Waals surface area contributed by atoms with Crippen LogP contribution in [0.15, 0.2) is 40.6 Å². The van der Waals surface area contributed by atoms with Crippen molar-refractivity contribution in [2.75, 3.05) is 0 Å². The van der Waals surface area contributed by atoms with Crippen LogP contribution >= 0.6 is 0 Å². The highest BCUT2D eigenvalue weighted by Gasteiger charge is 2.36. The maximum absolute atomic E-state index is 12.5. The standard InChI is InChI=1S/C15H16F3N3O2/c1-13(2,3)12(22)23-14(19)8-11(20-21-14)9-4-6-10(7-5-9)15(16,17)18/h4-8H,19H2,1-3H3. The predicted molar refractivity (Wildman–Crippen MR) is 76.7 cm³/mol. The molecule has 1 aromatic rings. The van der Waals surface area contributed by atoms with Gasteiger partial charge in [-0.25, -0.2) is 0 Å². The smallest absolute Gasteiger partial charge is 0.416 e. The van der Waals surface area contributed by atoms with E-state index < -0.39 is 29.0 Å². The van der Waals surface area contributed by atoms with Gasteiger partial charge in [0.1, 0.15) is 0 Å². The molecule has 1 aliphatic rings.